The van der Waals surface area contributed by atoms with Crippen LogP contribution < -0.4 is 0 Å². The second-order valence-electron chi connectivity index (χ2n) is 5.25. The Balaban J connectivity index is 1.59. The molecule has 1 aliphatic heterocycles. The fourth-order valence-electron chi connectivity index (χ4n) is 2.12. The molecule has 21 heavy (non-hydrogen) atoms. The highest BCUT2D eigenvalue weighted by molar-refractivity contribution is 5.13. The Morgan fingerprint density at radius 3 is 2.71 bits per heavy atom. The van der Waals surface area contributed by atoms with Gasteiger partial charge >= 0.3 is 0 Å². The molecule has 1 aliphatic rings. The van der Waals surface area contributed by atoms with E-state index in [0.717, 1.165) is 18.4 Å². The summed E-state index contributed by atoms with van der Waals surface area (Å²) in [4.78, 5) is 0. The molecule has 0 saturated carbocycles. The minimum atomic E-state index is -2.88. The van der Waals surface area contributed by atoms with Gasteiger partial charge < -0.3 is 14.2 Å². The lowest BCUT2D eigenvalue weighted by Crippen LogP contribution is -2.31. The van der Waals surface area contributed by atoms with Gasteiger partial charge in [-0.15, -0.1) is 0 Å². The summed E-state index contributed by atoms with van der Waals surface area (Å²) in [5, 5.41) is 0. The number of hydrogen-bond acceptors (Lipinski definition) is 3. The topological polar surface area (TPSA) is 27.7 Å². The minimum absolute atomic E-state index is 0.0107. The molecule has 0 aromatic heterocycles. The van der Waals surface area contributed by atoms with Crippen LogP contribution in [0.4, 0.5) is 8.78 Å². The molecule has 1 atom stereocenters. The fourth-order valence-corrected chi connectivity index (χ4v) is 2.12. The summed E-state index contributed by atoms with van der Waals surface area (Å²) in [6, 6.07) is 9.50. The summed E-state index contributed by atoms with van der Waals surface area (Å²) in [5.41, 5.74) is 0.979. The Kier molecular flexibility index (Phi) is 6.54. The van der Waals surface area contributed by atoms with Crippen molar-refractivity contribution in [2.75, 3.05) is 19.8 Å². The lowest BCUT2D eigenvalue weighted by atomic mass is 10.2. The first-order valence-corrected chi connectivity index (χ1v) is 7.38. The van der Waals surface area contributed by atoms with Gasteiger partial charge in [-0.3, -0.25) is 0 Å². The van der Waals surface area contributed by atoms with Crippen molar-refractivity contribution in [1.29, 1.82) is 0 Å². The monoisotopic (exact) mass is 300 g/mol. The first-order valence-electron chi connectivity index (χ1n) is 7.38. The number of halogens is 2. The zero-order valence-corrected chi connectivity index (χ0v) is 12.1. The van der Waals surface area contributed by atoms with Gasteiger partial charge in [0.2, 0.25) is 0 Å². The molecular formula is C16H22F2O3. The van der Waals surface area contributed by atoms with E-state index in [9.17, 15) is 8.78 Å². The van der Waals surface area contributed by atoms with Gasteiger partial charge in [0.05, 0.1) is 13.2 Å². The van der Waals surface area contributed by atoms with Crippen molar-refractivity contribution in [3.8, 4) is 0 Å². The Morgan fingerprint density at radius 2 is 2.00 bits per heavy atom. The van der Waals surface area contributed by atoms with E-state index >= 15 is 0 Å². The minimum Gasteiger partial charge on any atom is -0.377 e. The van der Waals surface area contributed by atoms with Crippen molar-refractivity contribution < 1.29 is 23.0 Å². The number of ether oxygens (including phenoxy) is 3. The molecule has 1 fully saturated rings. The van der Waals surface area contributed by atoms with Gasteiger partial charge in [0.15, 0.2) is 6.29 Å². The standard InChI is InChI=1S/C16H22F2O3/c17-16(18,13-21-15-8-4-5-10-20-15)9-11-19-12-14-6-2-1-3-7-14/h1-3,6-7,15H,4-5,8-13H2. The zero-order chi connectivity index (χ0) is 15.0. The van der Waals surface area contributed by atoms with Crippen LogP contribution in [0.5, 0.6) is 0 Å². The predicted molar refractivity (Wildman–Crippen MR) is 75.2 cm³/mol. The molecule has 0 amide bonds. The van der Waals surface area contributed by atoms with Crippen LogP contribution in [0.3, 0.4) is 0 Å². The smallest absolute Gasteiger partial charge is 0.273 e. The Bertz CT molecular complexity index is 392. The average Bonchev–Trinajstić information content (AvgIpc) is 2.52. The molecule has 0 aliphatic carbocycles. The maximum atomic E-state index is 13.6. The van der Waals surface area contributed by atoms with Gasteiger partial charge in [0.1, 0.15) is 6.61 Å². The molecule has 0 spiro atoms. The van der Waals surface area contributed by atoms with Crippen molar-refractivity contribution >= 4 is 0 Å². The third kappa shape index (κ3) is 6.50. The summed E-state index contributed by atoms with van der Waals surface area (Å²) >= 11 is 0. The lowest BCUT2D eigenvalue weighted by molar-refractivity contribution is -0.203. The predicted octanol–water partition coefficient (Wildman–Crippen LogP) is 3.77. The number of benzene rings is 1. The number of alkyl halides is 2. The molecule has 118 valence electrons. The summed E-state index contributed by atoms with van der Waals surface area (Å²) in [6.07, 6.45) is 1.82. The lowest BCUT2D eigenvalue weighted by Gasteiger charge is -2.25. The molecule has 2 rings (SSSR count). The van der Waals surface area contributed by atoms with E-state index in [-0.39, 0.29) is 13.0 Å². The molecule has 1 aromatic rings. The fraction of sp³-hybridized carbons (Fsp3) is 0.625. The summed E-state index contributed by atoms with van der Waals surface area (Å²) in [7, 11) is 0. The molecular weight excluding hydrogens is 278 g/mol. The highest BCUT2D eigenvalue weighted by atomic mass is 19.3. The van der Waals surface area contributed by atoms with E-state index < -0.39 is 18.8 Å². The molecule has 1 saturated heterocycles. The van der Waals surface area contributed by atoms with Gasteiger partial charge in [-0.05, 0) is 24.8 Å². The molecule has 0 bridgehead atoms. The van der Waals surface area contributed by atoms with E-state index in [0.29, 0.717) is 19.6 Å². The Labute approximate surface area is 124 Å². The normalized spacial score (nSPS) is 19.6. The summed E-state index contributed by atoms with van der Waals surface area (Å²) < 4.78 is 43.0. The van der Waals surface area contributed by atoms with Crippen molar-refractivity contribution in [2.45, 2.75) is 44.5 Å². The van der Waals surface area contributed by atoms with Crippen LogP contribution in [0.25, 0.3) is 0 Å². The molecule has 0 N–H and O–H groups in total. The maximum Gasteiger partial charge on any atom is 0.273 e. The third-order valence-electron chi connectivity index (χ3n) is 3.34. The van der Waals surface area contributed by atoms with E-state index in [2.05, 4.69) is 0 Å². The van der Waals surface area contributed by atoms with Gasteiger partial charge in [0.25, 0.3) is 5.92 Å². The van der Waals surface area contributed by atoms with Gasteiger partial charge in [0, 0.05) is 13.0 Å². The zero-order valence-electron chi connectivity index (χ0n) is 12.1. The van der Waals surface area contributed by atoms with Crippen LogP contribution in [-0.4, -0.2) is 32.0 Å². The van der Waals surface area contributed by atoms with Crippen LogP contribution in [0.2, 0.25) is 0 Å². The summed E-state index contributed by atoms with van der Waals surface area (Å²) in [5.74, 6) is -2.88. The second-order valence-corrected chi connectivity index (χ2v) is 5.25. The van der Waals surface area contributed by atoms with Crippen molar-refractivity contribution in [2.24, 2.45) is 0 Å². The Hall–Kier alpha value is -1.04. The van der Waals surface area contributed by atoms with E-state index in [1.807, 2.05) is 30.3 Å². The van der Waals surface area contributed by atoms with E-state index in [4.69, 9.17) is 14.2 Å². The number of rotatable bonds is 8. The second kappa shape index (κ2) is 8.41. The number of hydrogen-bond donors (Lipinski definition) is 0. The van der Waals surface area contributed by atoms with Crippen molar-refractivity contribution in [3.05, 3.63) is 35.9 Å². The summed E-state index contributed by atoms with van der Waals surface area (Å²) in [6.45, 7) is 0.350. The molecule has 1 aromatic carbocycles. The van der Waals surface area contributed by atoms with Crippen LogP contribution in [0.1, 0.15) is 31.2 Å². The van der Waals surface area contributed by atoms with Crippen LogP contribution in [0.15, 0.2) is 30.3 Å². The van der Waals surface area contributed by atoms with E-state index in [1.54, 1.807) is 0 Å². The Morgan fingerprint density at radius 1 is 1.19 bits per heavy atom. The van der Waals surface area contributed by atoms with Gasteiger partial charge in [-0.1, -0.05) is 30.3 Å². The SMILES string of the molecule is FC(F)(CCOCc1ccccc1)COC1CCCCO1. The molecule has 1 unspecified atom stereocenters. The molecule has 1 heterocycles. The van der Waals surface area contributed by atoms with Crippen LogP contribution >= 0.6 is 0 Å². The quantitative estimate of drug-likeness (QED) is 0.684. The highest BCUT2D eigenvalue weighted by Gasteiger charge is 2.31. The molecule has 5 heteroatoms. The van der Waals surface area contributed by atoms with E-state index in [1.165, 1.54) is 0 Å². The maximum absolute atomic E-state index is 13.6. The average molecular weight is 300 g/mol. The molecule has 3 nitrogen and oxygen atoms in total. The molecule has 0 radical (unpaired) electrons. The van der Waals surface area contributed by atoms with Crippen LogP contribution in [0, 0.1) is 0 Å². The first kappa shape index (κ1) is 16.3. The van der Waals surface area contributed by atoms with Crippen molar-refractivity contribution in [1.82, 2.24) is 0 Å². The third-order valence-corrected chi connectivity index (χ3v) is 3.34. The van der Waals surface area contributed by atoms with Gasteiger partial charge in [-0.25, -0.2) is 8.78 Å². The largest absolute Gasteiger partial charge is 0.377 e. The first-order chi connectivity index (χ1) is 10.2. The van der Waals surface area contributed by atoms with Gasteiger partial charge in [-0.2, -0.15) is 0 Å². The highest BCUT2D eigenvalue weighted by Crippen LogP contribution is 2.22. The van der Waals surface area contributed by atoms with Crippen molar-refractivity contribution in [3.63, 3.8) is 0 Å². The van der Waals surface area contributed by atoms with Crippen LogP contribution in [-0.2, 0) is 20.8 Å².